The minimum atomic E-state index is -0.369. The van der Waals surface area contributed by atoms with Gasteiger partial charge in [0.1, 0.15) is 5.82 Å². The molecule has 0 bridgehead atoms. The maximum atomic E-state index is 13.1. The van der Waals surface area contributed by atoms with Crippen LogP contribution in [0.3, 0.4) is 0 Å². The number of benzene rings is 1. The highest BCUT2D eigenvalue weighted by molar-refractivity contribution is 8.00. The number of halogens is 1. The van der Waals surface area contributed by atoms with Crippen molar-refractivity contribution in [2.24, 2.45) is 7.05 Å². The largest absolute Gasteiger partial charge is 0.398 e. The number of anilines is 2. The number of hydrogen-bond acceptors (Lipinski definition) is 4. The highest BCUT2D eigenvalue weighted by atomic mass is 32.2. The van der Waals surface area contributed by atoms with Crippen molar-refractivity contribution in [3.05, 3.63) is 35.4 Å². The molecule has 1 aromatic heterocycles. The van der Waals surface area contributed by atoms with E-state index in [9.17, 15) is 9.18 Å². The average Bonchev–Trinajstić information content (AvgIpc) is 2.66. The summed E-state index contributed by atoms with van der Waals surface area (Å²) in [6, 6.07) is 4.11. The zero-order valence-electron chi connectivity index (χ0n) is 12.1. The molecule has 0 fully saturated rings. The summed E-state index contributed by atoms with van der Waals surface area (Å²) >= 11 is 1.20. The molecule has 21 heavy (non-hydrogen) atoms. The molecule has 7 heteroatoms. The molecule has 2 aromatic rings. The molecule has 0 atom stereocenters. The molecule has 0 saturated heterocycles. The zero-order chi connectivity index (χ0) is 15.6. The number of thioether (sulfide) groups is 1. The Hall–Kier alpha value is -2.02. The van der Waals surface area contributed by atoms with Gasteiger partial charge in [-0.25, -0.2) is 4.39 Å². The number of amides is 1. The lowest BCUT2D eigenvalue weighted by Gasteiger charge is -2.07. The van der Waals surface area contributed by atoms with Crippen molar-refractivity contribution in [1.82, 2.24) is 9.78 Å². The van der Waals surface area contributed by atoms with Crippen molar-refractivity contribution in [3.63, 3.8) is 0 Å². The zero-order valence-corrected chi connectivity index (χ0v) is 12.9. The lowest BCUT2D eigenvalue weighted by molar-refractivity contribution is -0.113. The third-order valence-electron chi connectivity index (χ3n) is 3.11. The molecule has 112 valence electrons. The highest BCUT2D eigenvalue weighted by Crippen LogP contribution is 2.26. The number of nitrogens with two attached hydrogens (primary N) is 1. The lowest BCUT2D eigenvalue weighted by atomic mass is 10.3. The van der Waals surface area contributed by atoms with E-state index in [-0.39, 0.29) is 17.5 Å². The van der Waals surface area contributed by atoms with Crippen LogP contribution in [-0.2, 0) is 11.8 Å². The smallest absolute Gasteiger partial charge is 0.234 e. The summed E-state index contributed by atoms with van der Waals surface area (Å²) in [5, 5.41) is 7.06. The van der Waals surface area contributed by atoms with Crippen LogP contribution in [0.25, 0.3) is 0 Å². The minimum absolute atomic E-state index is 0.154. The van der Waals surface area contributed by atoms with Gasteiger partial charge in [-0.15, -0.1) is 11.8 Å². The number of nitrogens with one attached hydrogen (secondary N) is 1. The summed E-state index contributed by atoms with van der Waals surface area (Å²) in [5.74, 6) is -0.393. The van der Waals surface area contributed by atoms with Gasteiger partial charge in [0.2, 0.25) is 5.91 Å². The lowest BCUT2D eigenvalue weighted by Crippen LogP contribution is -2.15. The summed E-state index contributed by atoms with van der Waals surface area (Å²) in [4.78, 5) is 12.6. The van der Waals surface area contributed by atoms with Crippen molar-refractivity contribution in [1.29, 1.82) is 0 Å². The Balaban J connectivity index is 2.01. The number of rotatable bonds is 4. The van der Waals surface area contributed by atoms with Gasteiger partial charge in [-0.05, 0) is 32.0 Å². The van der Waals surface area contributed by atoms with E-state index < -0.39 is 0 Å². The minimum Gasteiger partial charge on any atom is -0.398 e. The van der Waals surface area contributed by atoms with Crippen LogP contribution >= 0.6 is 11.8 Å². The Morgan fingerprint density at radius 2 is 2.19 bits per heavy atom. The van der Waals surface area contributed by atoms with Gasteiger partial charge in [0.25, 0.3) is 0 Å². The number of carbonyl (C=O) groups is 1. The van der Waals surface area contributed by atoms with Crippen LogP contribution in [0.2, 0.25) is 0 Å². The summed E-state index contributed by atoms with van der Waals surface area (Å²) < 4.78 is 14.9. The second-order valence-electron chi connectivity index (χ2n) is 4.69. The Morgan fingerprint density at radius 3 is 2.81 bits per heavy atom. The third-order valence-corrected chi connectivity index (χ3v) is 4.18. The van der Waals surface area contributed by atoms with Gasteiger partial charge in [0.15, 0.2) is 0 Å². The molecule has 0 radical (unpaired) electrons. The van der Waals surface area contributed by atoms with Gasteiger partial charge >= 0.3 is 0 Å². The molecule has 0 unspecified atom stereocenters. The summed E-state index contributed by atoms with van der Waals surface area (Å²) in [5.41, 5.74) is 8.57. The number of hydrogen-bond donors (Lipinski definition) is 2. The summed E-state index contributed by atoms with van der Waals surface area (Å²) in [7, 11) is 1.82. The highest BCUT2D eigenvalue weighted by Gasteiger charge is 2.13. The predicted molar refractivity (Wildman–Crippen MR) is 82.8 cm³/mol. The van der Waals surface area contributed by atoms with Crippen LogP contribution in [0.4, 0.5) is 15.8 Å². The van der Waals surface area contributed by atoms with E-state index in [2.05, 4.69) is 10.4 Å². The van der Waals surface area contributed by atoms with Crippen LogP contribution in [0.1, 0.15) is 11.4 Å². The molecular weight excluding hydrogens is 291 g/mol. The van der Waals surface area contributed by atoms with E-state index in [1.165, 1.54) is 30.0 Å². The first-order valence-electron chi connectivity index (χ1n) is 6.36. The standard InChI is InChI=1S/C14H17FN4OS/c1-8-14(9(2)19(3)18-8)17-13(20)7-21-12-6-10(15)4-5-11(12)16/h4-6H,7,16H2,1-3H3,(H,17,20). The van der Waals surface area contributed by atoms with Crippen molar-refractivity contribution in [2.45, 2.75) is 18.7 Å². The predicted octanol–water partition coefficient (Wildman–Crippen LogP) is 2.49. The quantitative estimate of drug-likeness (QED) is 0.672. The van der Waals surface area contributed by atoms with E-state index in [1.807, 2.05) is 20.9 Å². The van der Waals surface area contributed by atoms with Gasteiger partial charge in [-0.2, -0.15) is 5.10 Å². The maximum absolute atomic E-state index is 13.1. The van der Waals surface area contributed by atoms with Gasteiger partial charge in [0, 0.05) is 17.6 Å². The van der Waals surface area contributed by atoms with Crippen LogP contribution in [0, 0.1) is 19.7 Å². The Kier molecular flexibility index (Phi) is 4.52. The Labute approximate surface area is 126 Å². The number of nitrogen functional groups attached to an aromatic ring is 1. The molecule has 0 saturated carbocycles. The Morgan fingerprint density at radius 1 is 1.48 bits per heavy atom. The van der Waals surface area contributed by atoms with Crippen LogP contribution < -0.4 is 11.1 Å². The number of nitrogens with zero attached hydrogens (tertiary/aromatic N) is 2. The van der Waals surface area contributed by atoms with Crippen molar-refractivity contribution < 1.29 is 9.18 Å². The molecular formula is C14H17FN4OS. The maximum Gasteiger partial charge on any atom is 0.234 e. The van der Waals surface area contributed by atoms with Gasteiger partial charge in [-0.3, -0.25) is 9.48 Å². The molecule has 1 heterocycles. The summed E-state index contributed by atoms with van der Waals surface area (Å²) in [6.07, 6.45) is 0. The fraction of sp³-hybridized carbons (Fsp3) is 0.286. The van der Waals surface area contributed by atoms with E-state index >= 15 is 0 Å². The second kappa shape index (κ2) is 6.17. The van der Waals surface area contributed by atoms with E-state index in [4.69, 9.17) is 5.73 Å². The molecule has 3 N–H and O–H groups in total. The van der Waals surface area contributed by atoms with E-state index in [1.54, 1.807) is 4.68 Å². The first-order chi connectivity index (χ1) is 9.88. The molecule has 0 spiro atoms. The van der Waals surface area contributed by atoms with Crippen molar-refractivity contribution in [2.75, 3.05) is 16.8 Å². The molecule has 0 aliphatic heterocycles. The number of aromatic nitrogens is 2. The average molecular weight is 308 g/mol. The molecule has 0 aliphatic rings. The molecule has 1 amide bonds. The fourth-order valence-electron chi connectivity index (χ4n) is 1.91. The van der Waals surface area contributed by atoms with Crippen LogP contribution in [-0.4, -0.2) is 21.4 Å². The monoisotopic (exact) mass is 308 g/mol. The van der Waals surface area contributed by atoms with Crippen molar-refractivity contribution in [3.8, 4) is 0 Å². The van der Waals surface area contributed by atoms with Crippen LogP contribution in [0.5, 0.6) is 0 Å². The number of aryl methyl sites for hydroxylation is 2. The Bertz CT molecular complexity index is 684. The normalized spacial score (nSPS) is 10.7. The van der Waals surface area contributed by atoms with Crippen molar-refractivity contribution >= 4 is 29.0 Å². The molecule has 2 rings (SSSR count). The molecule has 1 aromatic carbocycles. The third kappa shape index (κ3) is 3.55. The fourth-order valence-corrected chi connectivity index (χ4v) is 2.70. The van der Waals surface area contributed by atoms with Gasteiger partial charge in [-0.1, -0.05) is 0 Å². The van der Waals surface area contributed by atoms with Gasteiger partial charge < -0.3 is 11.1 Å². The molecule has 0 aliphatic carbocycles. The molecule has 5 nitrogen and oxygen atoms in total. The topological polar surface area (TPSA) is 72.9 Å². The first kappa shape index (κ1) is 15.4. The van der Waals surface area contributed by atoms with E-state index in [0.717, 1.165) is 17.1 Å². The van der Waals surface area contributed by atoms with Crippen LogP contribution in [0.15, 0.2) is 23.1 Å². The summed E-state index contributed by atoms with van der Waals surface area (Å²) in [6.45, 7) is 3.72. The number of carbonyl (C=O) groups excluding carboxylic acids is 1. The van der Waals surface area contributed by atoms with E-state index in [0.29, 0.717) is 10.6 Å². The van der Waals surface area contributed by atoms with Gasteiger partial charge in [0.05, 0.1) is 22.8 Å². The SMILES string of the molecule is Cc1nn(C)c(C)c1NC(=O)CSc1cc(F)ccc1N. The second-order valence-corrected chi connectivity index (χ2v) is 5.71. The first-order valence-corrected chi connectivity index (χ1v) is 7.35.